The Morgan fingerprint density at radius 3 is 2.40 bits per heavy atom. The van der Waals surface area contributed by atoms with Gasteiger partial charge in [0.2, 0.25) is 11.8 Å². The number of carbonyl (C=O) groups excluding carboxylic acids is 3. The first-order valence-electron chi connectivity index (χ1n) is 21.7. The fourth-order valence-corrected chi connectivity index (χ4v) is 9.30. The maximum atomic E-state index is 14.4. The van der Waals surface area contributed by atoms with Crippen molar-refractivity contribution in [3.63, 3.8) is 0 Å². The zero-order valence-corrected chi connectivity index (χ0v) is 37.2. The maximum absolute atomic E-state index is 14.4. The number of allylic oxidation sites excluding steroid dienone is 2. The Bertz CT molecular complexity index is 1820. The molecule has 2 aromatic carbocycles. The number of nitrogens with zero attached hydrogens (tertiary/aromatic N) is 3. The summed E-state index contributed by atoms with van der Waals surface area (Å²) in [5.74, 6) is 0.331. The minimum Gasteiger partial charge on any atom is -0.496 e. The van der Waals surface area contributed by atoms with Crippen molar-refractivity contribution in [2.75, 3.05) is 55.0 Å². The minimum absolute atomic E-state index is 0.00837. The molecule has 1 saturated carbocycles. The predicted molar refractivity (Wildman–Crippen MR) is 234 cm³/mol. The quantitative estimate of drug-likeness (QED) is 0.149. The van der Waals surface area contributed by atoms with Crippen LogP contribution in [0.25, 0.3) is 0 Å². The van der Waals surface area contributed by atoms with Gasteiger partial charge in [0.05, 0.1) is 32.9 Å². The summed E-state index contributed by atoms with van der Waals surface area (Å²) in [6, 6.07) is 14.9. The average molecular weight is 831 g/mol. The Balaban J connectivity index is 1.46. The number of ether oxygens (including phenoxy) is 1. The van der Waals surface area contributed by atoms with Crippen molar-refractivity contribution in [1.82, 2.24) is 30.8 Å². The highest BCUT2D eigenvalue weighted by molar-refractivity contribution is 5.97. The summed E-state index contributed by atoms with van der Waals surface area (Å²) in [5, 5.41) is 32.4. The summed E-state index contributed by atoms with van der Waals surface area (Å²) in [6.45, 7) is 8.82. The van der Waals surface area contributed by atoms with E-state index in [2.05, 4.69) is 53.8 Å². The summed E-state index contributed by atoms with van der Waals surface area (Å²) >= 11 is 0. The lowest BCUT2D eigenvalue weighted by Crippen LogP contribution is -2.53. The summed E-state index contributed by atoms with van der Waals surface area (Å²) in [5.41, 5.74) is 3.99. The van der Waals surface area contributed by atoms with Crippen LogP contribution in [0.5, 0.6) is 5.75 Å². The maximum Gasteiger partial charge on any atom is 0.251 e. The minimum atomic E-state index is -0.928. The van der Waals surface area contributed by atoms with E-state index in [1.807, 2.05) is 74.6 Å². The van der Waals surface area contributed by atoms with Gasteiger partial charge >= 0.3 is 0 Å². The fourth-order valence-electron chi connectivity index (χ4n) is 9.30. The summed E-state index contributed by atoms with van der Waals surface area (Å²) in [6.07, 6.45) is 6.33. The molecule has 0 bridgehead atoms. The van der Waals surface area contributed by atoms with E-state index < -0.39 is 24.2 Å². The molecule has 60 heavy (non-hydrogen) atoms. The van der Waals surface area contributed by atoms with Gasteiger partial charge in [0.15, 0.2) is 0 Å². The molecule has 1 heterocycles. The van der Waals surface area contributed by atoms with Gasteiger partial charge in [-0.05, 0) is 82.5 Å². The van der Waals surface area contributed by atoms with E-state index in [9.17, 15) is 24.6 Å². The molecule has 330 valence electrons. The first-order chi connectivity index (χ1) is 28.6. The molecule has 9 atom stereocenters. The van der Waals surface area contributed by atoms with Crippen LogP contribution in [0.3, 0.4) is 0 Å². The van der Waals surface area contributed by atoms with Gasteiger partial charge in [-0.15, -0.1) is 0 Å². The third kappa shape index (κ3) is 11.8. The largest absolute Gasteiger partial charge is 0.496 e. The smallest absolute Gasteiger partial charge is 0.251 e. The topological polar surface area (TPSA) is 156 Å². The molecule has 1 unspecified atom stereocenters. The van der Waals surface area contributed by atoms with Crippen LogP contribution in [-0.2, 0) is 32.2 Å². The molecule has 13 heteroatoms. The van der Waals surface area contributed by atoms with E-state index in [0.29, 0.717) is 48.5 Å². The molecule has 13 nitrogen and oxygen atoms in total. The van der Waals surface area contributed by atoms with Crippen LogP contribution < -0.4 is 20.7 Å². The second kappa shape index (κ2) is 21.5. The molecule has 0 radical (unpaired) electrons. The van der Waals surface area contributed by atoms with Crippen LogP contribution in [-0.4, -0.2) is 128 Å². The van der Waals surface area contributed by atoms with Crippen molar-refractivity contribution in [1.29, 1.82) is 0 Å². The molecule has 2 aliphatic carbocycles. The number of methoxy groups -OCH3 is 1. The number of para-hydroxylation sites is 1. The molecule has 0 aromatic heterocycles. The number of nitrogens with one attached hydrogen (secondary N) is 3. The molecule has 3 amide bonds. The van der Waals surface area contributed by atoms with E-state index >= 15 is 0 Å². The van der Waals surface area contributed by atoms with Crippen molar-refractivity contribution in [2.45, 2.75) is 103 Å². The molecule has 1 aliphatic heterocycles. The van der Waals surface area contributed by atoms with E-state index in [1.165, 1.54) is 0 Å². The van der Waals surface area contributed by atoms with Gasteiger partial charge in [0.25, 0.3) is 5.91 Å². The molecule has 5 N–H and O–H groups in total. The Kier molecular flexibility index (Phi) is 16.8. The van der Waals surface area contributed by atoms with Gasteiger partial charge in [-0.1, -0.05) is 75.4 Å². The van der Waals surface area contributed by atoms with Crippen LogP contribution in [0, 0.1) is 23.7 Å². The highest BCUT2D eigenvalue weighted by Gasteiger charge is 2.50. The van der Waals surface area contributed by atoms with Crippen LogP contribution in [0.15, 0.2) is 72.0 Å². The number of carbonyl (C=O) groups is 3. The SMILES string of the molecule is CNC(=O)CN(C)C1=CC(C(=O)N[C@@H](Cc2ccccc2)CN(C)C)=CC(c2cccc(CN3O[C@@H](CO)[C@@H]([C@H](C)O)[C@H]3C(=O)N[C@H]3C[C@@H](C(C)C)CC[C@@H]3C)c2OC)C1. The van der Waals surface area contributed by atoms with Gasteiger partial charge in [0, 0.05) is 67.0 Å². The molecule has 3 aliphatic rings. The Morgan fingerprint density at radius 1 is 1.03 bits per heavy atom. The van der Waals surface area contributed by atoms with Gasteiger partial charge < -0.3 is 40.7 Å². The van der Waals surface area contributed by atoms with Crippen LogP contribution in [0.1, 0.15) is 76.0 Å². The third-order valence-corrected chi connectivity index (χ3v) is 12.7. The number of benzene rings is 2. The molecule has 1 saturated heterocycles. The van der Waals surface area contributed by atoms with Crippen LogP contribution in [0.4, 0.5) is 0 Å². The van der Waals surface area contributed by atoms with Gasteiger partial charge in [-0.25, -0.2) is 0 Å². The zero-order valence-electron chi connectivity index (χ0n) is 37.2. The Labute approximate surface area is 357 Å². The van der Waals surface area contributed by atoms with Crippen molar-refractivity contribution in [2.24, 2.45) is 23.7 Å². The standard InChI is InChI=1S/C47H70N6O7/c1-29(2)33-19-18-30(3)40(24-33)50-47(58)44-43(31(4)55)41(28-54)60-53(44)25-34-16-13-17-39(45(34)59-9)35-21-36(23-38(22-35)52(8)27-42(56)48-5)46(57)49-37(26-51(6)7)20-32-14-11-10-12-15-32/h10-17,21,23,29-31,33,35,37,40-41,43-44,54-55H,18-20,22,24-28H2,1-9H3,(H,48,56)(H,49,57)(H,50,58)/t30-,31-,33-,35?,37-,40-,41-,43+,44-/m0/s1. The number of rotatable bonds is 18. The van der Waals surface area contributed by atoms with E-state index in [4.69, 9.17) is 9.57 Å². The van der Waals surface area contributed by atoms with E-state index in [-0.39, 0.29) is 55.4 Å². The van der Waals surface area contributed by atoms with E-state index in [1.54, 1.807) is 26.1 Å². The zero-order chi connectivity index (χ0) is 43.7. The van der Waals surface area contributed by atoms with E-state index in [0.717, 1.165) is 41.6 Å². The highest BCUT2D eigenvalue weighted by Crippen LogP contribution is 2.41. The van der Waals surface area contributed by atoms with Gasteiger partial charge in [0.1, 0.15) is 17.9 Å². The second-order valence-electron chi connectivity index (χ2n) is 17.8. The molecule has 0 spiro atoms. The van der Waals surface area contributed by atoms with Crippen LogP contribution >= 0.6 is 0 Å². The van der Waals surface area contributed by atoms with Crippen molar-refractivity contribution < 1.29 is 34.2 Å². The molecular weight excluding hydrogens is 761 g/mol. The van der Waals surface area contributed by atoms with Gasteiger partial charge in [-0.2, -0.15) is 5.06 Å². The molecule has 2 aromatic rings. The lowest BCUT2D eigenvalue weighted by atomic mass is 9.74. The number of hydrogen-bond acceptors (Lipinski definition) is 10. The number of hydrogen-bond donors (Lipinski definition) is 5. The average Bonchev–Trinajstić information content (AvgIpc) is 3.60. The van der Waals surface area contributed by atoms with Gasteiger partial charge in [-0.3, -0.25) is 19.2 Å². The lowest BCUT2D eigenvalue weighted by molar-refractivity contribution is -0.182. The monoisotopic (exact) mass is 831 g/mol. The molecule has 5 rings (SSSR count). The normalized spacial score (nSPS) is 25.6. The predicted octanol–water partition coefficient (Wildman–Crippen LogP) is 4.01. The van der Waals surface area contributed by atoms with Crippen molar-refractivity contribution in [3.05, 3.63) is 88.6 Å². The lowest BCUT2D eigenvalue weighted by Gasteiger charge is -2.38. The first kappa shape index (κ1) is 46.8. The Morgan fingerprint density at radius 2 is 1.77 bits per heavy atom. The summed E-state index contributed by atoms with van der Waals surface area (Å²) < 4.78 is 6.17. The molecular formula is C47H70N6O7. The number of aliphatic hydroxyl groups excluding tert-OH is 2. The Hall–Kier alpha value is -4.27. The third-order valence-electron chi connectivity index (χ3n) is 12.7. The summed E-state index contributed by atoms with van der Waals surface area (Å²) in [4.78, 5) is 51.4. The highest BCUT2D eigenvalue weighted by atomic mass is 16.7. The number of amides is 3. The number of likely N-dealkylation sites (N-methyl/N-ethyl adjacent to an activating group) is 3. The van der Waals surface area contributed by atoms with Crippen LogP contribution in [0.2, 0.25) is 0 Å². The summed E-state index contributed by atoms with van der Waals surface area (Å²) in [7, 11) is 9.03. The van der Waals surface area contributed by atoms with Crippen molar-refractivity contribution >= 4 is 17.7 Å². The van der Waals surface area contributed by atoms with Crippen molar-refractivity contribution in [3.8, 4) is 5.75 Å². The fraction of sp³-hybridized carbons (Fsp3) is 0.596. The number of hydroxylamine groups is 2. The number of aliphatic hydroxyl groups is 2. The second-order valence-corrected chi connectivity index (χ2v) is 17.8. The molecule has 2 fully saturated rings. The first-order valence-corrected chi connectivity index (χ1v) is 21.7.